The topological polar surface area (TPSA) is 38.7 Å². The molecule has 0 amide bonds. The molecule has 0 aliphatic carbocycles. The van der Waals surface area contributed by atoms with Gasteiger partial charge in [0.15, 0.2) is 5.82 Å². The lowest BCUT2D eigenvalue weighted by Crippen LogP contribution is -1.97. The summed E-state index contributed by atoms with van der Waals surface area (Å²) in [6.45, 7) is 0. The van der Waals surface area contributed by atoms with E-state index in [4.69, 9.17) is 15.0 Å². The van der Waals surface area contributed by atoms with Gasteiger partial charge >= 0.3 is 0 Å². The second kappa shape index (κ2) is 12.7. The summed E-state index contributed by atoms with van der Waals surface area (Å²) in [7, 11) is 0. The molecule has 3 nitrogen and oxygen atoms in total. The number of benzene rings is 7. The first kappa shape index (κ1) is 29.4. The monoisotopic (exact) mass is 637 g/mol. The molecule has 0 saturated heterocycles. The van der Waals surface area contributed by atoms with Gasteiger partial charge in [0.05, 0.1) is 16.9 Å². The first-order valence-electron chi connectivity index (χ1n) is 16.9. The third kappa shape index (κ3) is 5.61. The van der Waals surface area contributed by atoms with Crippen molar-refractivity contribution in [3.05, 3.63) is 188 Å². The largest absolute Gasteiger partial charge is 0.245 e. The Balaban J connectivity index is 1.20. The Morgan fingerprint density at radius 1 is 0.280 bits per heavy atom. The highest BCUT2D eigenvalue weighted by atomic mass is 14.9. The van der Waals surface area contributed by atoms with Gasteiger partial charge in [-0.05, 0) is 63.7 Å². The lowest BCUT2D eigenvalue weighted by molar-refractivity contribution is 1.23. The lowest BCUT2D eigenvalue weighted by atomic mass is 9.93. The van der Waals surface area contributed by atoms with E-state index in [0.29, 0.717) is 5.82 Å². The van der Waals surface area contributed by atoms with E-state index in [-0.39, 0.29) is 0 Å². The van der Waals surface area contributed by atoms with Crippen molar-refractivity contribution in [1.29, 1.82) is 0 Å². The first-order chi connectivity index (χ1) is 24.8. The van der Waals surface area contributed by atoms with Gasteiger partial charge in [0.2, 0.25) is 0 Å². The van der Waals surface area contributed by atoms with Crippen molar-refractivity contribution < 1.29 is 0 Å². The van der Waals surface area contributed by atoms with Crippen LogP contribution >= 0.6 is 0 Å². The van der Waals surface area contributed by atoms with Crippen LogP contribution in [0, 0.1) is 0 Å². The molecule has 0 N–H and O–H groups in total. The van der Waals surface area contributed by atoms with E-state index in [9.17, 15) is 0 Å². The van der Waals surface area contributed by atoms with Gasteiger partial charge in [0.25, 0.3) is 0 Å². The van der Waals surface area contributed by atoms with E-state index in [1.807, 2.05) is 36.4 Å². The summed E-state index contributed by atoms with van der Waals surface area (Å²) in [5.74, 6) is 0.680. The molecule has 234 valence electrons. The molecule has 0 fully saturated rings. The minimum absolute atomic E-state index is 0.680. The number of hydrogen-bond donors (Lipinski definition) is 0. The molecule has 0 radical (unpaired) electrons. The number of fused-ring (bicyclic) bond motifs is 3. The van der Waals surface area contributed by atoms with E-state index in [2.05, 4.69) is 152 Å². The smallest absolute Gasteiger partial charge is 0.160 e. The summed E-state index contributed by atoms with van der Waals surface area (Å²) in [5, 5.41) is 2.02. The van der Waals surface area contributed by atoms with Crippen molar-refractivity contribution in [2.24, 2.45) is 0 Å². The van der Waals surface area contributed by atoms with Crippen LogP contribution in [0.25, 0.3) is 89.1 Å². The van der Waals surface area contributed by atoms with Gasteiger partial charge in [-0.2, -0.15) is 0 Å². The molecule has 0 spiro atoms. The van der Waals surface area contributed by atoms with Crippen LogP contribution in [-0.2, 0) is 0 Å². The van der Waals surface area contributed by atoms with Crippen molar-refractivity contribution >= 4 is 21.8 Å². The normalized spacial score (nSPS) is 11.2. The summed E-state index contributed by atoms with van der Waals surface area (Å²) in [4.78, 5) is 15.5. The average molecular weight is 638 g/mol. The highest BCUT2D eigenvalue weighted by molar-refractivity contribution is 6.08. The molecule has 0 saturated carbocycles. The fourth-order valence-corrected chi connectivity index (χ4v) is 6.69. The Morgan fingerprint density at radius 2 is 0.740 bits per heavy atom. The standard InChI is InChI=1S/C47H31N3/c1-5-13-32(14-6-1)39-29-40(33-15-7-2-8-16-33)31-41(30-39)34-21-23-36(24-22-34)44-42-27-25-37-26-28-43(35-17-9-3-10-18-35)48-45(37)46(42)50-47(49-44)38-19-11-4-12-20-38/h1-31H. The second-order valence-electron chi connectivity index (χ2n) is 12.5. The zero-order valence-electron chi connectivity index (χ0n) is 27.2. The lowest BCUT2D eigenvalue weighted by Gasteiger charge is -2.13. The fraction of sp³-hybridized carbons (Fsp3) is 0. The van der Waals surface area contributed by atoms with E-state index in [1.165, 1.54) is 22.3 Å². The molecule has 0 bridgehead atoms. The molecular weight excluding hydrogens is 607 g/mol. The number of hydrogen-bond acceptors (Lipinski definition) is 3. The van der Waals surface area contributed by atoms with Crippen LogP contribution in [-0.4, -0.2) is 15.0 Å². The van der Waals surface area contributed by atoms with Crippen LogP contribution in [0.5, 0.6) is 0 Å². The third-order valence-electron chi connectivity index (χ3n) is 9.27. The van der Waals surface area contributed by atoms with Crippen LogP contribution in [0.1, 0.15) is 0 Å². The second-order valence-corrected chi connectivity index (χ2v) is 12.5. The molecule has 2 aromatic heterocycles. The maximum absolute atomic E-state index is 5.20. The van der Waals surface area contributed by atoms with Crippen molar-refractivity contribution in [3.63, 3.8) is 0 Å². The molecular formula is C47H31N3. The molecule has 0 atom stereocenters. The molecule has 9 aromatic rings. The number of aromatic nitrogens is 3. The molecule has 0 aliphatic heterocycles. The highest BCUT2D eigenvalue weighted by Crippen LogP contribution is 2.37. The van der Waals surface area contributed by atoms with E-state index in [1.54, 1.807) is 0 Å². The van der Waals surface area contributed by atoms with E-state index >= 15 is 0 Å². The first-order valence-corrected chi connectivity index (χ1v) is 16.9. The Bertz CT molecular complexity index is 2540. The van der Waals surface area contributed by atoms with Gasteiger partial charge in [-0.3, -0.25) is 0 Å². The average Bonchev–Trinajstić information content (AvgIpc) is 3.21. The maximum Gasteiger partial charge on any atom is 0.160 e. The van der Waals surface area contributed by atoms with Gasteiger partial charge < -0.3 is 0 Å². The Morgan fingerprint density at radius 3 is 1.30 bits per heavy atom. The summed E-state index contributed by atoms with van der Waals surface area (Å²) >= 11 is 0. The van der Waals surface area contributed by atoms with Crippen LogP contribution in [0.2, 0.25) is 0 Å². The van der Waals surface area contributed by atoms with Gasteiger partial charge in [-0.15, -0.1) is 0 Å². The van der Waals surface area contributed by atoms with Crippen LogP contribution in [0.15, 0.2) is 188 Å². The molecule has 0 unspecified atom stereocenters. The SMILES string of the molecule is c1ccc(-c2cc(-c3ccccc3)cc(-c3ccc(-c4nc(-c5ccccc5)nc5c4ccc4ccc(-c6ccccc6)nc45)cc3)c2)cc1. The predicted octanol–water partition coefficient (Wildman–Crippen LogP) is 12.2. The van der Waals surface area contributed by atoms with Gasteiger partial charge in [-0.1, -0.05) is 158 Å². The van der Waals surface area contributed by atoms with Gasteiger partial charge in [0, 0.05) is 27.5 Å². The molecule has 50 heavy (non-hydrogen) atoms. The summed E-state index contributed by atoms with van der Waals surface area (Å²) in [6, 6.07) is 65.8. The Kier molecular flexibility index (Phi) is 7.49. The Labute approximate surface area is 291 Å². The molecule has 9 rings (SSSR count). The van der Waals surface area contributed by atoms with Crippen LogP contribution in [0.4, 0.5) is 0 Å². The van der Waals surface area contributed by atoms with Crippen molar-refractivity contribution in [1.82, 2.24) is 15.0 Å². The summed E-state index contributed by atoms with van der Waals surface area (Å²) < 4.78 is 0. The zero-order valence-corrected chi connectivity index (χ0v) is 27.2. The van der Waals surface area contributed by atoms with E-state index < -0.39 is 0 Å². The van der Waals surface area contributed by atoms with Crippen molar-refractivity contribution in [3.8, 4) is 67.3 Å². The Hall–Kier alpha value is -6.71. The summed E-state index contributed by atoms with van der Waals surface area (Å²) in [5.41, 5.74) is 13.7. The molecule has 2 heterocycles. The highest BCUT2D eigenvalue weighted by Gasteiger charge is 2.16. The molecule has 0 aliphatic rings. The van der Waals surface area contributed by atoms with E-state index in [0.717, 1.165) is 61.0 Å². The fourth-order valence-electron chi connectivity index (χ4n) is 6.69. The van der Waals surface area contributed by atoms with Crippen LogP contribution < -0.4 is 0 Å². The molecule has 3 heteroatoms. The molecule has 7 aromatic carbocycles. The predicted molar refractivity (Wildman–Crippen MR) is 207 cm³/mol. The summed E-state index contributed by atoms with van der Waals surface area (Å²) in [6.07, 6.45) is 0. The third-order valence-corrected chi connectivity index (χ3v) is 9.27. The quantitative estimate of drug-likeness (QED) is 0.170. The number of nitrogens with zero attached hydrogens (tertiary/aromatic N) is 3. The van der Waals surface area contributed by atoms with Crippen LogP contribution in [0.3, 0.4) is 0 Å². The number of rotatable bonds is 6. The van der Waals surface area contributed by atoms with Crippen molar-refractivity contribution in [2.45, 2.75) is 0 Å². The zero-order chi connectivity index (χ0) is 33.3. The van der Waals surface area contributed by atoms with Gasteiger partial charge in [-0.25, -0.2) is 15.0 Å². The number of pyridine rings is 1. The maximum atomic E-state index is 5.20. The van der Waals surface area contributed by atoms with Gasteiger partial charge in [0.1, 0.15) is 5.52 Å². The van der Waals surface area contributed by atoms with Crippen molar-refractivity contribution in [2.75, 3.05) is 0 Å². The minimum atomic E-state index is 0.680. The minimum Gasteiger partial charge on any atom is -0.245 e.